The monoisotopic (exact) mass is 400 g/mol. The number of nitrogens with one attached hydrogen (secondary N) is 1. The van der Waals surface area contributed by atoms with Crippen molar-refractivity contribution in [2.24, 2.45) is 0 Å². The van der Waals surface area contributed by atoms with Gasteiger partial charge in [0.15, 0.2) is 11.0 Å². The van der Waals surface area contributed by atoms with Crippen molar-refractivity contribution < 1.29 is 4.79 Å². The van der Waals surface area contributed by atoms with Crippen LogP contribution in [0.1, 0.15) is 29.3 Å². The highest BCUT2D eigenvalue weighted by Gasteiger charge is 2.18. The van der Waals surface area contributed by atoms with E-state index < -0.39 is 0 Å². The fraction of sp³-hybridized carbons (Fsp3) is 0.350. The standard InChI is InChI=1S/C20H24N4OS2/c1-5-9-24-19(17-11-26-15(4)14(17)3)22-23-20(24)27-12-18(25)21-16-8-6-7-13(2)10-16/h6-8,10-11H,5,9,12H2,1-4H3,(H,21,25). The van der Waals surface area contributed by atoms with Crippen LogP contribution in [0.2, 0.25) is 0 Å². The first kappa shape index (κ1) is 19.6. The predicted molar refractivity (Wildman–Crippen MR) is 114 cm³/mol. The summed E-state index contributed by atoms with van der Waals surface area (Å²) >= 11 is 3.16. The number of amides is 1. The van der Waals surface area contributed by atoms with E-state index >= 15 is 0 Å². The zero-order valence-electron chi connectivity index (χ0n) is 16.1. The van der Waals surface area contributed by atoms with Crippen molar-refractivity contribution in [1.29, 1.82) is 0 Å². The molecule has 3 rings (SSSR count). The van der Waals surface area contributed by atoms with E-state index in [0.717, 1.165) is 40.8 Å². The van der Waals surface area contributed by atoms with E-state index in [-0.39, 0.29) is 5.91 Å². The minimum atomic E-state index is -0.0410. The van der Waals surface area contributed by atoms with E-state index in [1.165, 1.54) is 22.2 Å². The third kappa shape index (κ3) is 4.59. The van der Waals surface area contributed by atoms with Gasteiger partial charge < -0.3 is 9.88 Å². The topological polar surface area (TPSA) is 59.8 Å². The maximum absolute atomic E-state index is 12.3. The number of benzene rings is 1. The summed E-state index contributed by atoms with van der Waals surface area (Å²) in [6, 6.07) is 7.80. The third-order valence-corrected chi connectivity index (χ3v) is 6.30. The van der Waals surface area contributed by atoms with E-state index in [9.17, 15) is 4.79 Å². The van der Waals surface area contributed by atoms with Crippen molar-refractivity contribution >= 4 is 34.7 Å². The first-order valence-corrected chi connectivity index (χ1v) is 10.8. The molecule has 0 aliphatic heterocycles. The molecule has 1 amide bonds. The number of anilines is 1. The van der Waals surface area contributed by atoms with Gasteiger partial charge in [0.1, 0.15) is 0 Å². The Bertz CT molecular complexity index is 945. The van der Waals surface area contributed by atoms with Crippen LogP contribution in [0.15, 0.2) is 34.8 Å². The molecule has 2 aromatic heterocycles. The van der Waals surface area contributed by atoms with Crippen LogP contribution in [0.3, 0.4) is 0 Å². The van der Waals surface area contributed by atoms with Crippen LogP contribution in [0, 0.1) is 20.8 Å². The molecule has 7 heteroatoms. The molecule has 1 N–H and O–H groups in total. The van der Waals surface area contributed by atoms with Gasteiger partial charge in [0.05, 0.1) is 5.75 Å². The molecular weight excluding hydrogens is 376 g/mol. The first-order valence-electron chi connectivity index (χ1n) is 8.97. The number of hydrogen-bond donors (Lipinski definition) is 1. The van der Waals surface area contributed by atoms with Crippen molar-refractivity contribution in [1.82, 2.24) is 14.8 Å². The first-order chi connectivity index (χ1) is 13.0. The van der Waals surface area contributed by atoms with E-state index in [0.29, 0.717) is 5.75 Å². The maximum atomic E-state index is 12.3. The van der Waals surface area contributed by atoms with Gasteiger partial charge in [-0.1, -0.05) is 30.8 Å². The van der Waals surface area contributed by atoms with E-state index in [2.05, 4.69) is 46.2 Å². The van der Waals surface area contributed by atoms with E-state index in [4.69, 9.17) is 0 Å². The summed E-state index contributed by atoms with van der Waals surface area (Å²) in [6.07, 6.45) is 0.982. The Morgan fingerprint density at radius 3 is 2.74 bits per heavy atom. The lowest BCUT2D eigenvalue weighted by Crippen LogP contribution is -2.14. The molecule has 142 valence electrons. The molecule has 0 aliphatic carbocycles. The molecule has 1 aromatic carbocycles. The van der Waals surface area contributed by atoms with Gasteiger partial charge >= 0.3 is 0 Å². The van der Waals surface area contributed by atoms with Crippen molar-refractivity contribution in [3.8, 4) is 11.4 Å². The molecule has 5 nitrogen and oxygen atoms in total. The number of carbonyl (C=O) groups excluding carboxylic acids is 1. The molecule has 0 bridgehead atoms. The smallest absolute Gasteiger partial charge is 0.234 e. The van der Waals surface area contributed by atoms with Gasteiger partial charge in [-0.2, -0.15) is 0 Å². The fourth-order valence-electron chi connectivity index (χ4n) is 2.80. The van der Waals surface area contributed by atoms with Crippen molar-refractivity contribution in [2.75, 3.05) is 11.1 Å². The number of aryl methyl sites for hydroxylation is 2. The van der Waals surface area contributed by atoms with Gasteiger partial charge in [-0.25, -0.2) is 0 Å². The van der Waals surface area contributed by atoms with Gasteiger partial charge in [0, 0.05) is 28.1 Å². The lowest BCUT2D eigenvalue weighted by atomic mass is 10.1. The second-order valence-electron chi connectivity index (χ2n) is 6.49. The number of carbonyl (C=O) groups is 1. The maximum Gasteiger partial charge on any atom is 0.234 e. The Hall–Kier alpha value is -2.12. The average Bonchev–Trinajstić information content (AvgIpc) is 3.17. The Morgan fingerprint density at radius 2 is 2.07 bits per heavy atom. The molecule has 0 atom stereocenters. The largest absolute Gasteiger partial charge is 0.325 e. The number of hydrogen-bond acceptors (Lipinski definition) is 5. The van der Waals surface area contributed by atoms with Crippen LogP contribution in [-0.4, -0.2) is 26.4 Å². The molecule has 27 heavy (non-hydrogen) atoms. The van der Waals surface area contributed by atoms with Crippen LogP contribution in [0.5, 0.6) is 0 Å². The Labute approximate surface area is 168 Å². The van der Waals surface area contributed by atoms with Crippen LogP contribution in [0.25, 0.3) is 11.4 Å². The number of rotatable bonds is 7. The van der Waals surface area contributed by atoms with Crippen molar-refractivity contribution in [2.45, 2.75) is 45.8 Å². The van der Waals surface area contributed by atoms with Gasteiger partial charge in [-0.3, -0.25) is 4.79 Å². The highest BCUT2D eigenvalue weighted by Crippen LogP contribution is 2.31. The van der Waals surface area contributed by atoms with E-state index in [1.54, 1.807) is 11.3 Å². The van der Waals surface area contributed by atoms with Crippen molar-refractivity contribution in [3.63, 3.8) is 0 Å². The highest BCUT2D eigenvalue weighted by atomic mass is 32.2. The predicted octanol–water partition coefficient (Wildman–Crippen LogP) is 5.07. The summed E-state index contributed by atoms with van der Waals surface area (Å²) in [4.78, 5) is 13.6. The Balaban J connectivity index is 1.73. The number of thioether (sulfide) groups is 1. The third-order valence-electron chi connectivity index (χ3n) is 4.32. The average molecular weight is 401 g/mol. The highest BCUT2D eigenvalue weighted by molar-refractivity contribution is 7.99. The summed E-state index contributed by atoms with van der Waals surface area (Å²) in [5, 5.41) is 14.6. The summed E-state index contributed by atoms with van der Waals surface area (Å²) in [5.41, 5.74) is 4.32. The normalized spacial score (nSPS) is 11.0. The van der Waals surface area contributed by atoms with Crippen LogP contribution in [0.4, 0.5) is 5.69 Å². The summed E-state index contributed by atoms with van der Waals surface area (Å²) < 4.78 is 2.12. The van der Waals surface area contributed by atoms with Gasteiger partial charge in [-0.05, 0) is 50.5 Å². The van der Waals surface area contributed by atoms with E-state index in [1.807, 2.05) is 31.2 Å². The molecule has 0 fully saturated rings. The molecule has 0 radical (unpaired) electrons. The lowest BCUT2D eigenvalue weighted by Gasteiger charge is -2.09. The van der Waals surface area contributed by atoms with Crippen LogP contribution >= 0.6 is 23.1 Å². The Kier molecular flexibility index (Phi) is 6.34. The zero-order valence-corrected chi connectivity index (χ0v) is 17.7. The zero-order chi connectivity index (χ0) is 19.4. The molecule has 0 saturated carbocycles. The SMILES string of the molecule is CCCn1c(SCC(=O)Nc2cccc(C)c2)nnc1-c1csc(C)c1C. The van der Waals surface area contributed by atoms with Gasteiger partial charge in [0.25, 0.3) is 0 Å². The summed E-state index contributed by atoms with van der Waals surface area (Å²) in [6.45, 7) is 9.21. The lowest BCUT2D eigenvalue weighted by molar-refractivity contribution is -0.113. The second-order valence-corrected chi connectivity index (χ2v) is 8.52. The minimum Gasteiger partial charge on any atom is -0.325 e. The fourth-order valence-corrected chi connectivity index (χ4v) is 4.43. The molecular formula is C20H24N4OS2. The van der Waals surface area contributed by atoms with Crippen LogP contribution in [-0.2, 0) is 11.3 Å². The molecule has 0 aliphatic rings. The molecule has 0 spiro atoms. The molecule has 0 unspecified atom stereocenters. The number of aromatic nitrogens is 3. The molecule has 2 heterocycles. The quantitative estimate of drug-likeness (QED) is 0.562. The van der Waals surface area contributed by atoms with Crippen molar-refractivity contribution in [3.05, 3.63) is 45.6 Å². The number of nitrogens with zero attached hydrogens (tertiary/aromatic N) is 3. The summed E-state index contributed by atoms with van der Waals surface area (Å²) in [5.74, 6) is 1.15. The second kappa shape index (κ2) is 8.71. The Morgan fingerprint density at radius 1 is 1.26 bits per heavy atom. The van der Waals surface area contributed by atoms with Gasteiger partial charge in [0.2, 0.25) is 5.91 Å². The number of thiophene rings is 1. The van der Waals surface area contributed by atoms with Gasteiger partial charge in [-0.15, -0.1) is 21.5 Å². The van der Waals surface area contributed by atoms with Crippen LogP contribution < -0.4 is 5.32 Å². The molecule has 3 aromatic rings. The molecule has 0 saturated heterocycles. The minimum absolute atomic E-state index is 0.0410. The summed E-state index contributed by atoms with van der Waals surface area (Å²) in [7, 11) is 0.